The highest BCUT2D eigenvalue weighted by Gasteiger charge is 2.51. The van der Waals surface area contributed by atoms with Crippen LogP contribution < -0.4 is 20.7 Å². The van der Waals surface area contributed by atoms with Crippen LogP contribution in [0.1, 0.15) is 69.9 Å². The number of nitriles is 1. The van der Waals surface area contributed by atoms with Crippen molar-refractivity contribution in [2.24, 2.45) is 0 Å². The van der Waals surface area contributed by atoms with Gasteiger partial charge >= 0.3 is 5.69 Å². The van der Waals surface area contributed by atoms with E-state index in [0.29, 0.717) is 30.9 Å². The molecule has 1 aliphatic rings. The Bertz CT molecular complexity index is 2080. The maximum Gasteiger partial charge on any atom is 0.330 e. The molecule has 61 heavy (non-hydrogen) atoms. The Hall–Kier alpha value is -4.86. The molecule has 4 aromatic rings. The van der Waals surface area contributed by atoms with Gasteiger partial charge in [0.2, 0.25) is 0 Å². The van der Waals surface area contributed by atoms with Gasteiger partial charge in [-0.3, -0.25) is 14.3 Å². The second-order valence-electron chi connectivity index (χ2n) is 14.8. The molecule has 5 rings (SSSR count). The molecular formula is C46H57N4O10P. The Morgan fingerprint density at radius 3 is 2.02 bits per heavy atom. The largest absolute Gasteiger partial charge is 0.497 e. The van der Waals surface area contributed by atoms with Crippen LogP contribution in [0.2, 0.25) is 0 Å². The molecule has 1 fully saturated rings. The zero-order chi connectivity index (χ0) is 43.8. The van der Waals surface area contributed by atoms with Gasteiger partial charge < -0.3 is 37.5 Å². The zero-order valence-electron chi connectivity index (χ0n) is 35.7. The van der Waals surface area contributed by atoms with E-state index in [0.717, 1.165) is 16.7 Å². The highest BCUT2D eigenvalue weighted by molar-refractivity contribution is 7.44. The van der Waals surface area contributed by atoms with Gasteiger partial charge in [0.15, 0.2) is 6.23 Å². The molecule has 1 N–H and O–H groups in total. The van der Waals surface area contributed by atoms with Gasteiger partial charge in [-0.2, -0.15) is 5.26 Å². The molecule has 0 aliphatic carbocycles. The summed E-state index contributed by atoms with van der Waals surface area (Å²) in [7, 11) is 1.40. The smallest absolute Gasteiger partial charge is 0.330 e. The molecule has 1 aliphatic heterocycles. The van der Waals surface area contributed by atoms with Gasteiger partial charge in [-0.05, 0) is 81.5 Å². The van der Waals surface area contributed by atoms with Crippen molar-refractivity contribution < 1.29 is 37.5 Å². The summed E-state index contributed by atoms with van der Waals surface area (Å²) in [5.41, 5.74) is -0.000198. The second-order valence-corrected chi connectivity index (χ2v) is 16.2. The molecule has 326 valence electrons. The molecule has 0 bridgehead atoms. The molecule has 1 aromatic heterocycles. The van der Waals surface area contributed by atoms with Gasteiger partial charge in [-0.25, -0.2) is 9.46 Å². The predicted molar refractivity (Wildman–Crippen MR) is 232 cm³/mol. The van der Waals surface area contributed by atoms with Crippen LogP contribution in [0.4, 0.5) is 0 Å². The van der Waals surface area contributed by atoms with E-state index in [4.69, 9.17) is 43.9 Å². The van der Waals surface area contributed by atoms with Gasteiger partial charge in [-0.1, -0.05) is 60.5 Å². The van der Waals surface area contributed by atoms with Crippen molar-refractivity contribution in [2.45, 2.75) is 89.2 Å². The molecular weight excluding hydrogens is 799 g/mol. The molecule has 0 amide bonds. The molecule has 3 aromatic carbocycles. The summed E-state index contributed by atoms with van der Waals surface area (Å²) in [5, 5.41) is 9.46. The summed E-state index contributed by atoms with van der Waals surface area (Å²) in [6.45, 7) is 9.17. The first kappa shape index (κ1) is 47.2. The Morgan fingerprint density at radius 2 is 1.46 bits per heavy atom. The number of nitrogens with one attached hydrogen (secondary N) is 1. The van der Waals surface area contributed by atoms with E-state index in [1.165, 1.54) is 16.8 Å². The van der Waals surface area contributed by atoms with Crippen LogP contribution in [-0.2, 0) is 33.6 Å². The summed E-state index contributed by atoms with van der Waals surface area (Å²) < 4.78 is 54.4. The fourth-order valence-corrected chi connectivity index (χ4v) is 9.10. The number of methoxy groups -OCH3 is 2. The van der Waals surface area contributed by atoms with Crippen LogP contribution in [0.3, 0.4) is 0 Å². The van der Waals surface area contributed by atoms with E-state index in [9.17, 15) is 14.9 Å². The van der Waals surface area contributed by atoms with Crippen LogP contribution in [0.15, 0.2) is 101 Å². The van der Waals surface area contributed by atoms with Crippen LogP contribution in [0.5, 0.6) is 11.5 Å². The first-order chi connectivity index (χ1) is 29.6. The van der Waals surface area contributed by atoms with E-state index < -0.39 is 49.9 Å². The van der Waals surface area contributed by atoms with Crippen molar-refractivity contribution in [3.05, 3.63) is 129 Å². The van der Waals surface area contributed by atoms with Crippen molar-refractivity contribution in [3.8, 4) is 29.9 Å². The monoisotopic (exact) mass is 856 g/mol. The van der Waals surface area contributed by atoms with Crippen LogP contribution in [0, 0.1) is 23.7 Å². The number of rotatable bonds is 24. The van der Waals surface area contributed by atoms with Crippen LogP contribution in [-0.4, -0.2) is 91.9 Å². The molecule has 15 heteroatoms. The molecule has 1 saturated heterocycles. The molecule has 0 radical (unpaired) electrons. The SMILES string of the molecule is C#CCOCCCCOC1C(OP(OCCC#N)N(C(C)C)C(C)C)C(COC(c2ccccc2)(c2ccc(OC)cc2)c2ccc(OC)cc2)OC1n1ccc(=O)[nH]c1=O. The minimum absolute atomic E-state index is 0.0129. The number of H-pyrrole nitrogens is 1. The number of unbranched alkanes of at least 4 members (excludes halogenated alkanes) is 1. The number of ether oxygens (including phenoxy) is 6. The third kappa shape index (κ3) is 12.0. The van der Waals surface area contributed by atoms with E-state index in [-0.39, 0.29) is 44.9 Å². The van der Waals surface area contributed by atoms with Crippen molar-refractivity contribution >= 4 is 8.53 Å². The lowest BCUT2D eigenvalue weighted by molar-refractivity contribution is -0.0978. The maximum absolute atomic E-state index is 13.5. The number of aromatic nitrogens is 2. The number of hydrogen-bond donors (Lipinski definition) is 1. The second kappa shape index (κ2) is 23.4. The Balaban J connectivity index is 1.65. The maximum atomic E-state index is 13.5. The first-order valence-corrected chi connectivity index (χ1v) is 21.5. The average molecular weight is 857 g/mol. The zero-order valence-corrected chi connectivity index (χ0v) is 36.6. The van der Waals surface area contributed by atoms with Gasteiger partial charge in [0, 0.05) is 37.6 Å². The van der Waals surface area contributed by atoms with E-state index in [1.54, 1.807) is 14.2 Å². The minimum atomic E-state index is -1.84. The topological polar surface area (TPSA) is 156 Å². The average Bonchev–Trinajstić information content (AvgIpc) is 3.59. The Labute approximate surface area is 359 Å². The summed E-state index contributed by atoms with van der Waals surface area (Å²) in [6, 6.07) is 28.7. The van der Waals surface area contributed by atoms with Crippen LogP contribution >= 0.6 is 8.53 Å². The van der Waals surface area contributed by atoms with E-state index in [2.05, 4.69) is 49.3 Å². The van der Waals surface area contributed by atoms with E-state index >= 15 is 0 Å². The number of benzene rings is 3. The van der Waals surface area contributed by atoms with Crippen molar-refractivity contribution in [1.29, 1.82) is 5.26 Å². The van der Waals surface area contributed by atoms with Gasteiger partial charge in [0.25, 0.3) is 14.1 Å². The summed E-state index contributed by atoms with van der Waals surface area (Å²) in [4.78, 5) is 28.2. The molecule has 5 atom stereocenters. The van der Waals surface area contributed by atoms with Crippen molar-refractivity contribution in [3.63, 3.8) is 0 Å². The molecule has 0 spiro atoms. The Kier molecular flexibility index (Phi) is 18.1. The lowest BCUT2D eigenvalue weighted by Crippen LogP contribution is -2.43. The molecule has 14 nitrogen and oxygen atoms in total. The molecule has 2 heterocycles. The first-order valence-electron chi connectivity index (χ1n) is 20.4. The highest BCUT2D eigenvalue weighted by Crippen LogP contribution is 2.51. The van der Waals surface area contributed by atoms with E-state index in [1.807, 2.05) is 78.9 Å². The third-order valence-corrected chi connectivity index (χ3v) is 12.2. The van der Waals surface area contributed by atoms with Crippen molar-refractivity contribution in [1.82, 2.24) is 14.2 Å². The lowest BCUT2D eigenvalue weighted by Gasteiger charge is -2.39. The molecule has 5 unspecified atom stereocenters. The fraction of sp³-hybridized carbons (Fsp3) is 0.457. The summed E-state index contributed by atoms with van der Waals surface area (Å²) >= 11 is 0. The highest BCUT2D eigenvalue weighted by atomic mass is 31.2. The normalized spacial score (nSPS) is 18.3. The van der Waals surface area contributed by atoms with Gasteiger partial charge in [0.1, 0.15) is 42.0 Å². The van der Waals surface area contributed by atoms with Gasteiger partial charge in [-0.15, -0.1) is 6.42 Å². The standard InChI is InChI=1S/C46H57N4O10P/c1-8-28-55-29-12-13-30-56-43-42(60-61(58-31-14-26-47)50(33(2)3)34(4)5)40(59-44(43)49-27-25-41(51)48-45(49)52)32-57-46(35-15-10-9-11-16-35,36-17-21-38(53-6)22-18-36)37-19-23-39(54-7)24-20-37/h1,9-11,15-25,27,33-34,40,42-44H,12-14,28-32H2,2-7H3,(H,48,51,52). The lowest BCUT2D eigenvalue weighted by atomic mass is 9.80. The van der Waals surface area contributed by atoms with Crippen LogP contribution in [0.25, 0.3) is 0 Å². The number of hydrogen-bond acceptors (Lipinski definition) is 12. The quantitative estimate of drug-likeness (QED) is 0.0336. The molecule has 0 saturated carbocycles. The number of aromatic amines is 1. The number of nitrogens with zero attached hydrogens (tertiary/aromatic N) is 3. The number of terminal acetylenes is 1. The third-order valence-electron chi connectivity index (χ3n) is 10.1. The minimum Gasteiger partial charge on any atom is -0.497 e. The Morgan fingerprint density at radius 1 is 0.852 bits per heavy atom. The summed E-state index contributed by atoms with van der Waals surface area (Å²) in [6.07, 6.45) is 4.44. The van der Waals surface area contributed by atoms with Gasteiger partial charge in [0.05, 0.1) is 39.9 Å². The fourth-order valence-electron chi connectivity index (χ4n) is 7.34. The predicted octanol–water partition coefficient (Wildman–Crippen LogP) is 6.94. The van der Waals surface area contributed by atoms with Crippen molar-refractivity contribution in [2.75, 3.05) is 47.3 Å². The summed E-state index contributed by atoms with van der Waals surface area (Å²) in [5.74, 6) is 3.82.